The molecule has 0 radical (unpaired) electrons. The first kappa shape index (κ1) is 27.7. The van der Waals surface area contributed by atoms with Crippen molar-refractivity contribution >= 4 is 35.3 Å². The van der Waals surface area contributed by atoms with Crippen molar-refractivity contribution in [1.29, 1.82) is 0 Å². The third kappa shape index (κ3) is 7.59. The van der Waals surface area contributed by atoms with Gasteiger partial charge in [0.25, 0.3) is 0 Å². The van der Waals surface area contributed by atoms with Crippen LogP contribution in [0.5, 0.6) is 0 Å². The molecule has 1 aromatic carbocycles. The molecule has 208 valence electrons. The number of hydrogen-bond donors (Lipinski definition) is 2. The second-order valence-corrected chi connectivity index (χ2v) is 11.2. The van der Waals surface area contributed by atoms with Gasteiger partial charge in [-0.15, -0.1) is 0 Å². The van der Waals surface area contributed by atoms with E-state index in [0.29, 0.717) is 32.5 Å². The number of carbonyl (C=O) groups excluding carboxylic acids is 4. The molecule has 5 amide bonds. The standard InChI is InChI=1S/C27H40N6O5/c1-27(2,3)38-26(37)28-20-8-13-32(14-9-20)24(35)11-12-30-16-18-31(19-17-30)21-4-6-22(7-5-21)33-15-10-23(34)29-25(33)36/h4-7,20H,8-19H2,1-3H3,(H,28,37)(H,29,34,36). The number of rotatable bonds is 6. The summed E-state index contributed by atoms with van der Waals surface area (Å²) in [5, 5.41) is 5.27. The van der Waals surface area contributed by atoms with Crippen LogP contribution in [-0.2, 0) is 14.3 Å². The van der Waals surface area contributed by atoms with Crippen molar-refractivity contribution in [3.8, 4) is 0 Å². The van der Waals surface area contributed by atoms with Gasteiger partial charge in [0.2, 0.25) is 11.8 Å². The zero-order valence-electron chi connectivity index (χ0n) is 22.7. The third-order valence-electron chi connectivity index (χ3n) is 7.16. The van der Waals surface area contributed by atoms with E-state index in [9.17, 15) is 19.2 Å². The number of nitrogens with zero attached hydrogens (tertiary/aromatic N) is 4. The second-order valence-electron chi connectivity index (χ2n) is 11.2. The molecule has 0 aliphatic carbocycles. The van der Waals surface area contributed by atoms with Gasteiger partial charge in [0.1, 0.15) is 5.60 Å². The summed E-state index contributed by atoms with van der Waals surface area (Å²) in [4.78, 5) is 56.3. The summed E-state index contributed by atoms with van der Waals surface area (Å²) in [6.07, 6.45) is 1.89. The number of imide groups is 1. The van der Waals surface area contributed by atoms with Gasteiger partial charge < -0.3 is 19.9 Å². The van der Waals surface area contributed by atoms with Crippen LogP contribution >= 0.6 is 0 Å². The van der Waals surface area contributed by atoms with Crippen LogP contribution in [0.4, 0.5) is 21.0 Å². The minimum atomic E-state index is -0.521. The number of anilines is 2. The molecule has 3 aliphatic heterocycles. The number of carbonyl (C=O) groups is 4. The van der Waals surface area contributed by atoms with Gasteiger partial charge in [-0.25, -0.2) is 9.59 Å². The van der Waals surface area contributed by atoms with Crippen LogP contribution in [0.1, 0.15) is 46.5 Å². The average molecular weight is 529 g/mol. The molecule has 11 heteroatoms. The fourth-order valence-electron chi connectivity index (χ4n) is 5.04. The van der Waals surface area contributed by atoms with Crippen molar-refractivity contribution in [1.82, 2.24) is 20.4 Å². The van der Waals surface area contributed by atoms with Gasteiger partial charge in [0.05, 0.1) is 0 Å². The minimum Gasteiger partial charge on any atom is -0.444 e. The molecule has 3 saturated heterocycles. The van der Waals surface area contributed by atoms with Gasteiger partial charge in [0, 0.05) is 82.6 Å². The molecule has 0 bridgehead atoms. The number of alkyl carbamates (subject to hydrolysis) is 1. The Morgan fingerprint density at radius 3 is 2.18 bits per heavy atom. The van der Waals surface area contributed by atoms with E-state index in [2.05, 4.69) is 20.4 Å². The Balaban J connectivity index is 1.14. The van der Waals surface area contributed by atoms with Crippen LogP contribution in [0.2, 0.25) is 0 Å². The van der Waals surface area contributed by atoms with Crippen LogP contribution < -0.4 is 20.4 Å². The van der Waals surface area contributed by atoms with E-state index >= 15 is 0 Å². The average Bonchev–Trinajstić information content (AvgIpc) is 2.87. The Kier molecular flexibility index (Phi) is 8.76. The van der Waals surface area contributed by atoms with Crippen molar-refractivity contribution < 1.29 is 23.9 Å². The van der Waals surface area contributed by atoms with E-state index in [1.165, 1.54) is 0 Å². The Morgan fingerprint density at radius 1 is 0.947 bits per heavy atom. The molecule has 0 atom stereocenters. The number of nitrogens with one attached hydrogen (secondary N) is 2. The van der Waals surface area contributed by atoms with E-state index < -0.39 is 11.7 Å². The van der Waals surface area contributed by atoms with Crippen LogP contribution in [-0.4, -0.2) is 97.7 Å². The highest BCUT2D eigenvalue weighted by atomic mass is 16.6. The lowest BCUT2D eigenvalue weighted by molar-refractivity contribution is -0.132. The summed E-state index contributed by atoms with van der Waals surface area (Å²) in [5.41, 5.74) is 1.36. The van der Waals surface area contributed by atoms with E-state index in [1.54, 1.807) is 4.90 Å². The molecule has 4 rings (SSSR count). The van der Waals surface area contributed by atoms with Crippen LogP contribution in [0.15, 0.2) is 24.3 Å². The summed E-state index contributed by atoms with van der Waals surface area (Å²) >= 11 is 0. The Hall–Kier alpha value is -3.34. The first-order chi connectivity index (χ1) is 18.1. The minimum absolute atomic E-state index is 0.0391. The molecule has 1 aromatic rings. The third-order valence-corrected chi connectivity index (χ3v) is 7.16. The second kappa shape index (κ2) is 12.0. The molecule has 0 spiro atoms. The lowest BCUT2D eigenvalue weighted by Crippen LogP contribution is -2.49. The Bertz CT molecular complexity index is 1010. The largest absolute Gasteiger partial charge is 0.444 e. The normalized spacial score (nSPS) is 19.8. The highest BCUT2D eigenvalue weighted by molar-refractivity contribution is 6.05. The van der Waals surface area contributed by atoms with Crippen molar-refractivity contribution in [2.24, 2.45) is 0 Å². The number of amides is 5. The highest BCUT2D eigenvalue weighted by Crippen LogP contribution is 2.23. The monoisotopic (exact) mass is 528 g/mol. The number of hydrogen-bond acceptors (Lipinski definition) is 7. The fraction of sp³-hybridized carbons (Fsp3) is 0.630. The fourth-order valence-corrected chi connectivity index (χ4v) is 5.04. The Labute approximate surface area is 224 Å². The van der Waals surface area contributed by atoms with Crippen LogP contribution in [0.25, 0.3) is 0 Å². The number of likely N-dealkylation sites (tertiary alicyclic amines) is 1. The lowest BCUT2D eigenvalue weighted by atomic mass is 10.0. The van der Waals surface area contributed by atoms with Crippen molar-refractivity contribution in [3.63, 3.8) is 0 Å². The van der Waals surface area contributed by atoms with Gasteiger partial charge in [-0.1, -0.05) is 0 Å². The predicted molar refractivity (Wildman–Crippen MR) is 144 cm³/mol. The zero-order chi connectivity index (χ0) is 27.3. The maximum absolute atomic E-state index is 12.8. The molecule has 38 heavy (non-hydrogen) atoms. The molecular weight excluding hydrogens is 488 g/mol. The first-order valence-electron chi connectivity index (χ1n) is 13.5. The maximum atomic E-state index is 12.8. The molecule has 3 heterocycles. The van der Waals surface area contributed by atoms with Gasteiger partial charge in [0.15, 0.2) is 0 Å². The van der Waals surface area contributed by atoms with Gasteiger partial charge in [-0.2, -0.15) is 0 Å². The van der Waals surface area contributed by atoms with Gasteiger partial charge in [-0.3, -0.25) is 24.7 Å². The lowest BCUT2D eigenvalue weighted by Gasteiger charge is -2.37. The molecule has 11 nitrogen and oxygen atoms in total. The summed E-state index contributed by atoms with van der Waals surface area (Å²) < 4.78 is 5.33. The quantitative estimate of drug-likeness (QED) is 0.582. The molecule has 0 saturated carbocycles. The molecule has 0 unspecified atom stereocenters. The summed E-state index contributed by atoms with van der Waals surface area (Å²) in [6, 6.07) is 7.53. The number of piperazine rings is 1. The summed E-state index contributed by atoms with van der Waals surface area (Å²) in [7, 11) is 0. The number of piperidine rings is 1. The number of ether oxygens (including phenoxy) is 1. The number of benzene rings is 1. The zero-order valence-corrected chi connectivity index (χ0v) is 22.7. The van der Waals surface area contributed by atoms with E-state index in [0.717, 1.165) is 56.9 Å². The van der Waals surface area contributed by atoms with Crippen molar-refractivity contribution in [2.45, 2.75) is 58.1 Å². The van der Waals surface area contributed by atoms with E-state index in [-0.39, 0.29) is 23.9 Å². The Morgan fingerprint density at radius 2 is 1.58 bits per heavy atom. The van der Waals surface area contributed by atoms with Crippen molar-refractivity contribution in [3.05, 3.63) is 24.3 Å². The topological polar surface area (TPSA) is 115 Å². The molecule has 3 aliphatic rings. The van der Waals surface area contributed by atoms with Gasteiger partial charge >= 0.3 is 12.1 Å². The molecule has 2 N–H and O–H groups in total. The molecular formula is C27H40N6O5. The summed E-state index contributed by atoms with van der Waals surface area (Å²) in [5.74, 6) is -0.0678. The first-order valence-corrected chi connectivity index (χ1v) is 13.5. The smallest absolute Gasteiger partial charge is 0.407 e. The maximum Gasteiger partial charge on any atom is 0.407 e. The molecule has 3 fully saturated rings. The van der Waals surface area contributed by atoms with Crippen molar-refractivity contribution in [2.75, 3.05) is 62.2 Å². The number of urea groups is 1. The van der Waals surface area contributed by atoms with Gasteiger partial charge in [-0.05, 0) is 57.9 Å². The van der Waals surface area contributed by atoms with Crippen LogP contribution in [0, 0.1) is 0 Å². The van der Waals surface area contributed by atoms with E-state index in [4.69, 9.17) is 4.74 Å². The SMILES string of the molecule is CC(C)(C)OC(=O)NC1CCN(C(=O)CCN2CCN(c3ccc(N4CCC(=O)NC4=O)cc3)CC2)CC1. The van der Waals surface area contributed by atoms with E-state index in [1.807, 2.05) is 49.9 Å². The highest BCUT2D eigenvalue weighted by Gasteiger charge is 2.27. The predicted octanol–water partition coefficient (Wildman–Crippen LogP) is 2.16. The van der Waals surface area contributed by atoms with Crippen LogP contribution in [0.3, 0.4) is 0 Å². The summed E-state index contributed by atoms with van der Waals surface area (Å²) in [6.45, 7) is 11.5. The molecule has 0 aromatic heterocycles.